The topological polar surface area (TPSA) is 151 Å². The average molecular weight is 777 g/mol. The lowest BCUT2D eigenvalue weighted by atomic mass is 9.95. The van der Waals surface area contributed by atoms with Gasteiger partial charge in [0.15, 0.2) is 11.9 Å². The molecule has 2 aromatic heterocycles. The van der Waals surface area contributed by atoms with Crippen molar-refractivity contribution in [3.05, 3.63) is 124 Å². The predicted octanol–water partition coefficient (Wildman–Crippen LogP) is 8.55. The summed E-state index contributed by atoms with van der Waals surface area (Å²) in [5.74, 6) is -1.25. The van der Waals surface area contributed by atoms with Crippen molar-refractivity contribution in [2.24, 2.45) is 0 Å². The predicted molar refractivity (Wildman–Crippen MR) is 221 cm³/mol. The van der Waals surface area contributed by atoms with Crippen LogP contribution in [0.25, 0.3) is 22.5 Å². The molecule has 56 heavy (non-hydrogen) atoms. The molecule has 294 valence electrons. The first-order chi connectivity index (χ1) is 26.9. The van der Waals surface area contributed by atoms with Gasteiger partial charge in [-0.2, -0.15) is 0 Å². The molecule has 0 aliphatic rings. The molecule has 4 N–H and O–H groups in total. The van der Waals surface area contributed by atoms with Crippen LogP contribution in [0.5, 0.6) is 5.75 Å². The summed E-state index contributed by atoms with van der Waals surface area (Å²) in [6.45, 7) is 9.09. The first kappa shape index (κ1) is 41.8. The molecule has 3 aromatic carbocycles. The van der Waals surface area contributed by atoms with Gasteiger partial charge >= 0.3 is 5.97 Å². The molecule has 0 bridgehead atoms. The van der Waals surface area contributed by atoms with Gasteiger partial charge in [0.2, 0.25) is 5.91 Å². The SMILES string of the molecule is CCCCCCCCOc1ccc(-c2cnc(-c3ccc(C[C@H](NC(=O)c4ccc(C(C)(C)C)s4)C(=O)NC(C(=O)O)C(O)c4ccccc4)cc3)nc2)cc1. The number of carbonyl (C=O) groups excluding carboxylic acids is 2. The lowest BCUT2D eigenvalue weighted by Crippen LogP contribution is -2.54. The molecule has 10 nitrogen and oxygen atoms in total. The number of hydrogen-bond acceptors (Lipinski definition) is 8. The molecule has 3 atom stereocenters. The number of carboxylic acids is 1. The van der Waals surface area contributed by atoms with Crippen molar-refractivity contribution in [3.8, 4) is 28.3 Å². The van der Waals surface area contributed by atoms with Gasteiger partial charge in [-0.05, 0) is 52.8 Å². The van der Waals surface area contributed by atoms with Gasteiger partial charge in [0.25, 0.3) is 5.91 Å². The molecular formula is C45H52N4O6S. The van der Waals surface area contributed by atoms with E-state index in [-0.39, 0.29) is 11.8 Å². The second-order valence-corrected chi connectivity index (χ2v) is 16.0. The van der Waals surface area contributed by atoms with E-state index >= 15 is 0 Å². The Morgan fingerprint density at radius 2 is 1.41 bits per heavy atom. The van der Waals surface area contributed by atoms with Crippen molar-refractivity contribution in [2.45, 2.75) is 96.2 Å². The Morgan fingerprint density at radius 3 is 2.04 bits per heavy atom. The van der Waals surface area contributed by atoms with E-state index in [1.54, 1.807) is 48.8 Å². The van der Waals surface area contributed by atoms with Crippen LogP contribution < -0.4 is 15.4 Å². The molecule has 0 aliphatic heterocycles. The van der Waals surface area contributed by atoms with Crippen LogP contribution in [0.2, 0.25) is 0 Å². The lowest BCUT2D eigenvalue weighted by molar-refractivity contribution is -0.145. The fourth-order valence-corrected chi connectivity index (χ4v) is 7.11. The first-order valence-corrected chi connectivity index (χ1v) is 20.1. The molecule has 2 unspecified atom stereocenters. The van der Waals surface area contributed by atoms with Gasteiger partial charge in [0.1, 0.15) is 17.9 Å². The number of rotatable bonds is 19. The van der Waals surface area contributed by atoms with Crippen molar-refractivity contribution >= 4 is 29.1 Å². The number of aliphatic carboxylic acids is 1. The number of hydrogen-bond donors (Lipinski definition) is 4. The molecule has 0 radical (unpaired) electrons. The third kappa shape index (κ3) is 11.8. The number of nitrogens with zero attached hydrogens (tertiary/aromatic N) is 2. The highest BCUT2D eigenvalue weighted by Gasteiger charge is 2.33. The normalized spacial score (nSPS) is 13.0. The highest BCUT2D eigenvalue weighted by atomic mass is 32.1. The summed E-state index contributed by atoms with van der Waals surface area (Å²) in [4.78, 5) is 50.1. The second-order valence-electron chi connectivity index (χ2n) is 15.0. The minimum Gasteiger partial charge on any atom is -0.494 e. The monoisotopic (exact) mass is 776 g/mol. The van der Waals surface area contributed by atoms with Crippen molar-refractivity contribution in [3.63, 3.8) is 0 Å². The maximum absolute atomic E-state index is 13.8. The zero-order valence-corrected chi connectivity index (χ0v) is 33.4. The number of unbranched alkanes of at least 4 members (excludes halogenated alkanes) is 5. The maximum Gasteiger partial charge on any atom is 0.329 e. The van der Waals surface area contributed by atoms with Gasteiger partial charge in [-0.25, -0.2) is 14.8 Å². The summed E-state index contributed by atoms with van der Waals surface area (Å²) in [7, 11) is 0. The van der Waals surface area contributed by atoms with Crippen molar-refractivity contribution in [2.75, 3.05) is 6.61 Å². The number of aliphatic hydroxyl groups is 1. The molecule has 0 saturated carbocycles. The quantitative estimate of drug-likeness (QED) is 0.0610. The van der Waals surface area contributed by atoms with Gasteiger partial charge in [-0.15, -0.1) is 11.3 Å². The number of ether oxygens (including phenoxy) is 1. The standard InChI is InChI=1S/C45H52N4O6S/c1-5-6-7-8-9-13-26-55-35-22-20-31(21-23-35)34-28-46-41(47-29-34)33-18-16-30(17-19-33)27-36(48-43(52)37-24-25-38(56-37)45(2,3)4)42(51)49-39(44(53)54)40(50)32-14-11-10-12-15-32/h10-12,14-25,28-29,36,39-40,50H,5-9,13,26-27H2,1-4H3,(H,48,52)(H,49,51)(H,53,54)/t36-,39?,40?/m0/s1. The van der Waals surface area contributed by atoms with E-state index in [1.807, 2.05) is 54.6 Å². The van der Waals surface area contributed by atoms with Gasteiger partial charge < -0.3 is 25.6 Å². The van der Waals surface area contributed by atoms with E-state index in [9.17, 15) is 24.6 Å². The molecule has 0 fully saturated rings. The van der Waals surface area contributed by atoms with E-state index < -0.39 is 36.0 Å². The molecule has 5 aromatic rings. The number of amides is 2. The Bertz CT molecular complexity index is 2010. The largest absolute Gasteiger partial charge is 0.494 e. The summed E-state index contributed by atoms with van der Waals surface area (Å²) in [6.07, 6.45) is 9.41. The van der Waals surface area contributed by atoms with Crippen LogP contribution in [0.3, 0.4) is 0 Å². The van der Waals surface area contributed by atoms with Crippen molar-refractivity contribution in [1.29, 1.82) is 0 Å². The summed E-state index contributed by atoms with van der Waals surface area (Å²) >= 11 is 1.34. The average Bonchev–Trinajstić information content (AvgIpc) is 3.72. The maximum atomic E-state index is 13.8. The molecule has 0 aliphatic carbocycles. The fraction of sp³-hybridized carbons (Fsp3) is 0.356. The Morgan fingerprint density at radius 1 is 0.768 bits per heavy atom. The van der Waals surface area contributed by atoms with E-state index in [0.29, 0.717) is 28.4 Å². The van der Waals surface area contributed by atoms with Crippen LogP contribution >= 0.6 is 11.3 Å². The Hall–Kier alpha value is -5.39. The number of carbonyl (C=O) groups is 3. The zero-order valence-electron chi connectivity index (χ0n) is 32.5. The number of benzene rings is 3. The summed E-state index contributed by atoms with van der Waals surface area (Å²) in [6, 6.07) is 24.3. The van der Waals surface area contributed by atoms with Crippen LogP contribution in [0.15, 0.2) is 103 Å². The van der Waals surface area contributed by atoms with Crippen LogP contribution in [0.1, 0.15) is 98.0 Å². The third-order valence-corrected chi connectivity index (χ3v) is 11.0. The van der Waals surface area contributed by atoms with Crippen molar-refractivity contribution in [1.82, 2.24) is 20.6 Å². The summed E-state index contributed by atoms with van der Waals surface area (Å²) in [5, 5.41) is 26.2. The number of thiophene rings is 1. The van der Waals surface area contributed by atoms with E-state index in [0.717, 1.165) is 33.7 Å². The molecule has 0 saturated heterocycles. The molecule has 5 rings (SSSR count). The minimum absolute atomic E-state index is 0.0571. The Labute approximate surface area is 333 Å². The Balaban J connectivity index is 1.26. The van der Waals surface area contributed by atoms with Gasteiger partial charge in [0, 0.05) is 34.8 Å². The van der Waals surface area contributed by atoms with Crippen LogP contribution in [0.4, 0.5) is 0 Å². The third-order valence-electron chi connectivity index (χ3n) is 9.47. The van der Waals surface area contributed by atoms with E-state index in [2.05, 4.69) is 48.3 Å². The van der Waals surface area contributed by atoms with Crippen LogP contribution in [0, 0.1) is 0 Å². The molecular weight excluding hydrogens is 725 g/mol. The highest BCUT2D eigenvalue weighted by molar-refractivity contribution is 7.14. The fourth-order valence-electron chi connectivity index (χ4n) is 6.14. The zero-order chi connectivity index (χ0) is 40.1. The highest BCUT2D eigenvalue weighted by Crippen LogP contribution is 2.30. The second kappa shape index (κ2) is 20.0. The lowest BCUT2D eigenvalue weighted by Gasteiger charge is -2.24. The number of aromatic nitrogens is 2. The van der Waals surface area contributed by atoms with E-state index in [1.165, 1.54) is 43.4 Å². The van der Waals surface area contributed by atoms with Crippen LogP contribution in [-0.2, 0) is 21.4 Å². The smallest absolute Gasteiger partial charge is 0.329 e. The number of aliphatic hydroxyl groups excluding tert-OH is 1. The molecule has 2 heterocycles. The van der Waals surface area contributed by atoms with E-state index in [4.69, 9.17) is 4.74 Å². The summed E-state index contributed by atoms with van der Waals surface area (Å²) < 4.78 is 5.92. The van der Waals surface area contributed by atoms with Gasteiger partial charge in [-0.1, -0.05) is 127 Å². The molecule has 2 amide bonds. The number of nitrogens with one attached hydrogen (secondary N) is 2. The molecule has 11 heteroatoms. The van der Waals surface area contributed by atoms with Crippen molar-refractivity contribution < 1.29 is 29.3 Å². The van der Waals surface area contributed by atoms with Gasteiger partial charge in [0.05, 0.1) is 11.5 Å². The molecule has 0 spiro atoms. The first-order valence-electron chi connectivity index (χ1n) is 19.2. The van der Waals surface area contributed by atoms with Gasteiger partial charge in [-0.3, -0.25) is 9.59 Å². The Kier molecular flexibility index (Phi) is 14.9. The van der Waals surface area contributed by atoms with Crippen LogP contribution in [-0.4, -0.2) is 56.7 Å². The minimum atomic E-state index is -1.65. The number of carboxylic acid groups (broad SMARTS) is 1. The summed E-state index contributed by atoms with van der Waals surface area (Å²) in [5.41, 5.74) is 3.48.